The van der Waals surface area contributed by atoms with Crippen LogP contribution < -0.4 is 5.32 Å². The number of rotatable bonds is 5. The molecule has 0 amide bonds. The molecular weight excluding hydrogens is 433 g/mol. The summed E-state index contributed by atoms with van der Waals surface area (Å²) >= 11 is 12.1. The third-order valence-electron chi connectivity index (χ3n) is 4.83. The number of anilines is 1. The van der Waals surface area contributed by atoms with Gasteiger partial charge in [0, 0.05) is 23.1 Å². The van der Waals surface area contributed by atoms with E-state index in [1.807, 2.05) is 49.5 Å². The van der Waals surface area contributed by atoms with Crippen molar-refractivity contribution in [3.05, 3.63) is 82.6 Å². The summed E-state index contributed by atoms with van der Waals surface area (Å²) < 4.78 is 1.72. The van der Waals surface area contributed by atoms with Crippen molar-refractivity contribution in [1.82, 2.24) is 29.5 Å². The lowest BCUT2D eigenvalue weighted by molar-refractivity contribution is 0.961. The van der Waals surface area contributed by atoms with E-state index in [0.717, 1.165) is 45.5 Å². The average molecular weight is 450 g/mol. The standard InChI is InChI=1S/C22H17Cl2N7/c1-13-3-2-4-18(28-13)22-21(14-7-8-31-20(9-14)26-12-27-31)29-19(30-22)11-25-15-5-6-16(23)17(24)10-15/h2-10,12,25H,11H2,1H3,(H,29,30). The molecule has 0 aliphatic heterocycles. The van der Waals surface area contributed by atoms with E-state index in [-0.39, 0.29) is 0 Å². The number of benzene rings is 1. The molecule has 0 radical (unpaired) electrons. The number of imidazole rings is 1. The highest BCUT2D eigenvalue weighted by Crippen LogP contribution is 2.30. The molecule has 0 aliphatic rings. The van der Waals surface area contributed by atoms with Crippen molar-refractivity contribution >= 4 is 34.5 Å². The highest BCUT2D eigenvalue weighted by molar-refractivity contribution is 6.42. The number of hydrogen-bond donors (Lipinski definition) is 2. The molecule has 7 nitrogen and oxygen atoms in total. The second-order valence-corrected chi connectivity index (χ2v) is 7.85. The van der Waals surface area contributed by atoms with Crippen LogP contribution in [-0.2, 0) is 6.54 Å². The topological polar surface area (TPSA) is 83.8 Å². The van der Waals surface area contributed by atoms with Crippen molar-refractivity contribution < 1.29 is 0 Å². The zero-order chi connectivity index (χ0) is 21.4. The number of nitrogens with zero attached hydrogens (tertiary/aromatic N) is 5. The largest absolute Gasteiger partial charge is 0.378 e. The van der Waals surface area contributed by atoms with Gasteiger partial charge in [-0.15, -0.1) is 0 Å². The molecule has 0 bridgehead atoms. The summed E-state index contributed by atoms with van der Waals surface area (Å²) in [5.74, 6) is 0.765. The monoisotopic (exact) mass is 449 g/mol. The predicted octanol–water partition coefficient (Wildman–Crippen LogP) is 5.41. The molecule has 4 aromatic heterocycles. The van der Waals surface area contributed by atoms with Crippen LogP contribution in [0.3, 0.4) is 0 Å². The van der Waals surface area contributed by atoms with Gasteiger partial charge in [-0.05, 0) is 49.4 Å². The summed E-state index contributed by atoms with van der Waals surface area (Å²) in [6.07, 6.45) is 3.40. The van der Waals surface area contributed by atoms with Gasteiger partial charge < -0.3 is 10.3 Å². The van der Waals surface area contributed by atoms with Crippen LogP contribution in [0.1, 0.15) is 11.5 Å². The predicted molar refractivity (Wildman–Crippen MR) is 122 cm³/mol. The van der Waals surface area contributed by atoms with E-state index in [0.29, 0.717) is 16.6 Å². The Morgan fingerprint density at radius 1 is 1.03 bits per heavy atom. The van der Waals surface area contributed by atoms with Crippen LogP contribution in [0.25, 0.3) is 28.3 Å². The van der Waals surface area contributed by atoms with Gasteiger partial charge in [-0.2, -0.15) is 5.10 Å². The van der Waals surface area contributed by atoms with E-state index in [2.05, 4.69) is 25.4 Å². The maximum atomic E-state index is 6.12. The highest BCUT2D eigenvalue weighted by atomic mass is 35.5. The molecule has 0 spiro atoms. The molecule has 4 heterocycles. The molecule has 2 N–H and O–H groups in total. The fourth-order valence-electron chi connectivity index (χ4n) is 3.34. The Kier molecular flexibility index (Phi) is 5.05. The lowest BCUT2D eigenvalue weighted by atomic mass is 10.1. The third kappa shape index (κ3) is 3.97. The highest BCUT2D eigenvalue weighted by Gasteiger charge is 2.16. The van der Waals surface area contributed by atoms with Gasteiger partial charge in [-0.3, -0.25) is 4.98 Å². The Hall–Kier alpha value is -3.42. The fourth-order valence-corrected chi connectivity index (χ4v) is 3.64. The normalized spacial score (nSPS) is 11.2. The van der Waals surface area contributed by atoms with Crippen LogP contribution in [0.4, 0.5) is 5.69 Å². The number of aromatic nitrogens is 6. The summed E-state index contributed by atoms with van der Waals surface area (Å²) in [5, 5.41) is 8.50. The molecule has 0 saturated heterocycles. The summed E-state index contributed by atoms with van der Waals surface area (Å²) in [5.41, 5.74) is 5.93. The van der Waals surface area contributed by atoms with Gasteiger partial charge in [0.2, 0.25) is 0 Å². The molecule has 0 fully saturated rings. The Morgan fingerprint density at radius 2 is 1.94 bits per heavy atom. The van der Waals surface area contributed by atoms with Crippen molar-refractivity contribution in [2.45, 2.75) is 13.5 Å². The first kappa shape index (κ1) is 19.5. The fraction of sp³-hybridized carbons (Fsp3) is 0.0909. The Bertz CT molecular complexity index is 1390. The number of aromatic amines is 1. The van der Waals surface area contributed by atoms with E-state index in [1.54, 1.807) is 16.6 Å². The van der Waals surface area contributed by atoms with Crippen LogP contribution in [-0.4, -0.2) is 29.5 Å². The minimum absolute atomic E-state index is 0.476. The lowest BCUT2D eigenvalue weighted by Crippen LogP contribution is -2.01. The Morgan fingerprint density at radius 3 is 2.77 bits per heavy atom. The second-order valence-electron chi connectivity index (χ2n) is 7.03. The quantitative estimate of drug-likeness (QED) is 0.374. The van der Waals surface area contributed by atoms with Gasteiger partial charge in [-0.25, -0.2) is 14.5 Å². The Balaban J connectivity index is 1.53. The molecule has 1 aromatic carbocycles. The van der Waals surface area contributed by atoms with Crippen LogP contribution in [0, 0.1) is 6.92 Å². The zero-order valence-corrected chi connectivity index (χ0v) is 18.0. The molecule has 0 unspecified atom stereocenters. The number of aryl methyl sites for hydroxylation is 1. The third-order valence-corrected chi connectivity index (χ3v) is 5.57. The van der Waals surface area contributed by atoms with Gasteiger partial charge in [0.15, 0.2) is 5.65 Å². The molecule has 5 aromatic rings. The molecule has 0 saturated carbocycles. The van der Waals surface area contributed by atoms with Crippen LogP contribution in [0.5, 0.6) is 0 Å². The first-order valence-corrected chi connectivity index (χ1v) is 10.3. The second kappa shape index (κ2) is 8.02. The molecule has 31 heavy (non-hydrogen) atoms. The first-order valence-electron chi connectivity index (χ1n) is 9.58. The summed E-state index contributed by atoms with van der Waals surface area (Å²) in [4.78, 5) is 17.2. The van der Waals surface area contributed by atoms with Crippen LogP contribution in [0.15, 0.2) is 61.1 Å². The van der Waals surface area contributed by atoms with E-state index in [9.17, 15) is 0 Å². The van der Waals surface area contributed by atoms with Crippen molar-refractivity contribution in [3.8, 4) is 22.6 Å². The van der Waals surface area contributed by atoms with E-state index >= 15 is 0 Å². The maximum absolute atomic E-state index is 6.12. The number of fused-ring (bicyclic) bond motifs is 1. The average Bonchev–Trinajstić information content (AvgIpc) is 3.41. The molecular formula is C22H17Cl2N7. The number of nitrogens with one attached hydrogen (secondary N) is 2. The number of H-pyrrole nitrogens is 1. The summed E-state index contributed by atoms with van der Waals surface area (Å²) in [6.45, 7) is 2.44. The zero-order valence-electron chi connectivity index (χ0n) is 16.5. The molecule has 9 heteroatoms. The van der Waals surface area contributed by atoms with Crippen molar-refractivity contribution in [3.63, 3.8) is 0 Å². The molecule has 0 atom stereocenters. The number of halogens is 2. The van der Waals surface area contributed by atoms with Gasteiger partial charge in [0.1, 0.15) is 12.2 Å². The lowest BCUT2D eigenvalue weighted by Gasteiger charge is -2.05. The van der Waals surface area contributed by atoms with Crippen molar-refractivity contribution in [1.29, 1.82) is 0 Å². The van der Waals surface area contributed by atoms with Crippen molar-refractivity contribution in [2.24, 2.45) is 0 Å². The Labute approximate surface area is 188 Å². The molecule has 5 rings (SSSR count). The maximum Gasteiger partial charge on any atom is 0.155 e. The van der Waals surface area contributed by atoms with Crippen molar-refractivity contribution in [2.75, 3.05) is 5.32 Å². The summed E-state index contributed by atoms with van der Waals surface area (Å²) in [6, 6.07) is 15.3. The SMILES string of the molecule is Cc1cccc(-c2[nH]c(CNc3ccc(Cl)c(Cl)c3)nc2-c2ccn3ncnc3c2)n1. The van der Waals surface area contributed by atoms with Gasteiger partial charge >= 0.3 is 0 Å². The van der Waals surface area contributed by atoms with Gasteiger partial charge in [0.25, 0.3) is 0 Å². The van der Waals surface area contributed by atoms with Crippen LogP contribution in [0.2, 0.25) is 10.0 Å². The smallest absolute Gasteiger partial charge is 0.155 e. The minimum Gasteiger partial charge on any atom is -0.378 e. The number of pyridine rings is 2. The van der Waals surface area contributed by atoms with Gasteiger partial charge in [0.05, 0.1) is 33.7 Å². The van der Waals surface area contributed by atoms with Gasteiger partial charge in [-0.1, -0.05) is 29.3 Å². The van der Waals surface area contributed by atoms with E-state index in [1.165, 1.54) is 6.33 Å². The van der Waals surface area contributed by atoms with E-state index in [4.69, 9.17) is 28.2 Å². The minimum atomic E-state index is 0.476. The molecule has 0 aliphatic carbocycles. The van der Waals surface area contributed by atoms with E-state index < -0.39 is 0 Å². The molecule has 154 valence electrons. The van der Waals surface area contributed by atoms with Crippen LogP contribution >= 0.6 is 23.2 Å². The summed E-state index contributed by atoms with van der Waals surface area (Å²) in [7, 11) is 0. The first-order chi connectivity index (χ1) is 15.1. The number of hydrogen-bond acceptors (Lipinski definition) is 5.